The minimum atomic E-state index is -1.56. The molecule has 15 heteroatoms. The number of hydrogen-bond donors (Lipinski definition) is 6. The number of fused-ring (bicyclic) bond motifs is 1. The normalized spacial score (nSPS) is 23.8. The van der Waals surface area contributed by atoms with Crippen molar-refractivity contribution in [2.24, 2.45) is 5.73 Å². The number of carbonyl (C=O) groups is 2. The molecule has 9 N–H and O–H groups in total. The van der Waals surface area contributed by atoms with Crippen molar-refractivity contribution in [1.82, 2.24) is 34.8 Å². The lowest BCUT2D eigenvalue weighted by Gasteiger charge is -2.22. The molecule has 4 rings (SSSR count). The number of nitrogens with two attached hydrogens (primary N) is 3. The Kier molecular flexibility index (Phi) is 5.52. The van der Waals surface area contributed by atoms with Crippen LogP contribution in [-0.4, -0.2) is 75.9 Å². The van der Waals surface area contributed by atoms with Crippen molar-refractivity contribution < 1.29 is 24.5 Å². The summed E-state index contributed by atoms with van der Waals surface area (Å²) in [7, 11) is 0. The largest absolute Gasteiger partial charge is 0.479 e. The van der Waals surface area contributed by atoms with Gasteiger partial charge >= 0.3 is 5.97 Å². The smallest absolute Gasteiger partial charge is 0.335 e. The van der Waals surface area contributed by atoms with Crippen molar-refractivity contribution in [2.75, 3.05) is 11.5 Å². The van der Waals surface area contributed by atoms with E-state index < -0.39 is 42.4 Å². The molecule has 5 atom stereocenters. The van der Waals surface area contributed by atoms with Crippen molar-refractivity contribution in [3.8, 4) is 0 Å². The van der Waals surface area contributed by atoms with Crippen LogP contribution in [0.1, 0.15) is 11.9 Å². The van der Waals surface area contributed by atoms with Gasteiger partial charge in [0.25, 0.3) is 0 Å². The van der Waals surface area contributed by atoms with Crippen LogP contribution < -0.4 is 22.5 Å². The highest BCUT2D eigenvalue weighted by Gasteiger charge is 2.49. The lowest BCUT2D eigenvalue weighted by atomic mass is 10.1. The summed E-state index contributed by atoms with van der Waals surface area (Å²) in [5, 5.41) is 22.9. The fourth-order valence-corrected chi connectivity index (χ4v) is 3.45. The van der Waals surface area contributed by atoms with E-state index in [4.69, 9.17) is 21.9 Å². The Bertz CT molecular complexity index is 1170. The summed E-state index contributed by atoms with van der Waals surface area (Å²) in [6, 6.07) is -0.847. The number of carbonyl (C=O) groups excluding carboxylic acids is 1. The molecule has 3 aromatic rings. The van der Waals surface area contributed by atoms with Gasteiger partial charge < -0.3 is 37.5 Å². The molecule has 0 spiro atoms. The van der Waals surface area contributed by atoms with Crippen LogP contribution in [0, 0.1) is 0 Å². The van der Waals surface area contributed by atoms with Crippen LogP contribution in [0.3, 0.4) is 0 Å². The number of imidazole rings is 1. The Labute approximate surface area is 179 Å². The quantitative estimate of drug-likeness (QED) is 0.225. The lowest BCUT2D eigenvalue weighted by Crippen LogP contribution is -2.54. The van der Waals surface area contributed by atoms with Gasteiger partial charge in [-0.05, 0) is 6.07 Å². The number of ether oxygens (including phenoxy) is 1. The van der Waals surface area contributed by atoms with Gasteiger partial charge in [-0.15, -0.1) is 0 Å². The first-order valence-electron chi connectivity index (χ1n) is 9.39. The van der Waals surface area contributed by atoms with Gasteiger partial charge in [0, 0.05) is 18.3 Å². The van der Waals surface area contributed by atoms with Gasteiger partial charge in [0.15, 0.2) is 23.8 Å². The Morgan fingerprint density at radius 3 is 2.75 bits per heavy atom. The van der Waals surface area contributed by atoms with Crippen molar-refractivity contribution in [2.45, 2.75) is 36.9 Å². The summed E-state index contributed by atoms with van der Waals surface area (Å²) in [4.78, 5) is 44.1. The third-order valence-electron chi connectivity index (χ3n) is 4.98. The number of anilines is 2. The fourth-order valence-electron chi connectivity index (χ4n) is 3.45. The molecule has 1 aliphatic rings. The van der Waals surface area contributed by atoms with Crippen LogP contribution in [-0.2, 0) is 20.7 Å². The molecule has 15 nitrogen and oxygen atoms in total. The number of nitrogen functional groups attached to an aromatic ring is 2. The molecule has 0 bridgehead atoms. The van der Waals surface area contributed by atoms with Crippen LogP contribution in [0.15, 0.2) is 24.9 Å². The van der Waals surface area contributed by atoms with Crippen molar-refractivity contribution in [3.63, 3.8) is 0 Å². The van der Waals surface area contributed by atoms with E-state index in [-0.39, 0.29) is 29.4 Å². The third-order valence-corrected chi connectivity index (χ3v) is 4.98. The van der Waals surface area contributed by atoms with E-state index in [0.29, 0.717) is 5.69 Å². The average Bonchev–Trinajstić information content (AvgIpc) is 3.30. The number of carboxylic acids is 1. The highest BCUT2D eigenvalue weighted by molar-refractivity contribution is 5.84. The maximum Gasteiger partial charge on any atom is 0.335 e. The summed E-state index contributed by atoms with van der Waals surface area (Å²) < 4.78 is 6.86. The molecule has 0 radical (unpaired) electrons. The molecule has 4 heterocycles. The molecule has 168 valence electrons. The number of nitrogens with one attached hydrogen (secondary N) is 1. The number of carboxylic acid groups (broad SMARTS) is 1. The van der Waals surface area contributed by atoms with E-state index >= 15 is 0 Å². The number of nitrogens with zero attached hydrogens (tertiary/aromatic N) is 6. The SMILES string of the molecule is Nc1nccc(CC(N)C(=O)NC2C(C(=O)O)OC(n3cnc4c(N)ncnc43)C2O)n1. The Balaban J connectivity index is 1.54. The highest BCUT2D eigenvalue weighted by atomic mass is 16.6. The molecule has 1 amide bonds. The van der Waals surface area contributed by atoms with Crippen LogP contribution in [0.4, 0.5) is 11.8 Å². The van der Waals surface area contributed by atoms with Crippen molar-refractivity contribution >= 4 is 34.8 Å². The van der Waals surface area contributed by atoms with Crippen LogP contribution in [0.2, 0.25) is 0 Å². The van der Waals surface area contributed by atoms with E-state index in [9.17, 15) is 19.8 Å². The maximum absolute atomic E-state index is 12.6. The van der Waals surface area contributed by atoms with Gasteiger partial charge in [-0.3, -0.25) is 9.36 Å². The van der Waals surface area contributed by atoms with E-state index in [1.807, 2.05) is 0 Å². The molecule has 0 aliphatic carbocycles. The van der Waals surface area contributed by atoms with E-state index in [1.165, 1.54) is 23.4 Å². The molecule has 1 saturated heterocycles. The van der Waals surface area contributed by atoms with Gasteiger partial charge in [0.2, 0.25) is 11.9 Å². The van der Waals surface area contributed by atoms with Gasteiger partial charge in [-0.2, -0.15) is 0 Å². The van der Waals surface area contributed by atoms with Gasteiger partial charge in [-0.25, -0.2) is 29.7 Å². The first-order chi connectivity index (χ1) is 15.3. The molecule has 3 aromatic heterocycles. The fraction of sp³-hybridized carbons (Fsp3) is 0.353. The van der Waals surface area contributed by atoms with E-state index in [2.05, 4.69) is 30.2 Å². The molecule has 0 saturated carbocycles. The lowest BCUT2D eigenvalue weighted by molar-refractivity contribution is -0.152. The highest BCUT2D eigenvalue weighted by Crippen LogP contribution is 2.32. The predicted molar refractivity (Wildman–Crippen MR) is 107 cm³/mol. The molecule has 1 aliphatic heterocycles. The zero-order valence-electron chi connectivity index (χ0n) is 16.4. The van der Waals surface area contributed by atoms with Crippen molar-refractivity contribution in [3.05, 3.63) is 30.6 Å². The Morgan fingerprint density at radius 1 is 1.25 bits per heavy atom. The van der Waals surface area contributed by atoms with Gasteiger partial charge in [0.1, 0.15) is 17.9 Å². The number of aromatic nitrogens is 6. The second kappa shape index (κ2) is 8.29. The molecular formula is C17H20N10O5. The standard InChI is InChI=1S/C17H20N10O5/c18-7(3-6-1-2-21-17(20)25-6)14(29)26-8-10(28)15(32-11(8)16(30)31)27-5-24-9-12(19)22-4-23-13(9)27/h1-2,4-5,7-8,10-11,15,28H,3,18H2,(H,26,29)(H,30,31)(H2,19,22,23)(H2,20,21,25). The second-order valence-corrected chi connectivity index (χ2v) is 7.11. The average molecular weight is 444 g/mol. The number of aliphatic hydroxyl groups is 1. The molecule has 0 aromatic carbocycles. The van der Waals surface area contributed by atoms with E-state index in [1.54, 1.807) is 6.07 Å². The van der Waals surface area contributed by atoms with Gasteiger partial charge in [0.05, 0.1) is 18.4 Å². The number of amides is 1. The zero-order chi connectivity index (χ0) is 23.0. The zero-order valence-corrected chi connectivity index (χ0v) is 16.4. The molecule has 5 unspecified atom stereocenters. The predicted octanol–water partition coefficient (Wildman–Crippen LogP) is -2.82. The first kappa shape index (κ1) is 21.3. The third kappa shape index (κ3) is 3.86. The summed E-state index contributed by atoms with van der Waals surface area (Å²) in [5.74, 6) is -1.95. The van der Waals surface area contributed by atoms with Crippen LogP contribution in [0.5, 0.6) is 0 Å². The van der Waals surface area contributed by atoms with E-state index in [0.717, 1.165) is 0 Å². The number of aliphatic carboxylic acids is 1. The molecule has 32 heavy (non-hydrogen) atoms. The van der Waals surface area contributed by atoms with Crippen LogP contribution in [0.25, 0.3) is 11.2 Å². The summed E-state index contributed by atoms with van der Waals surface area (Å²) in [6.07, 6.45) is -0.298. The Hall–Kier alpha value is -3.95. The Morgan fingerprint density at radius 2 is 2.03 bits per heavy atom. The maximum atomic E-state index is 12.6. The van der Waals surface area contributed by atoms with Crippen molar-refractivity contribution in [1.29, 1.82) is 0 Å². The minimum absolute atomic E-state index is 0.0196. The van der Waals surface area contributed by atoms with Gasteiger partial charge in [-0.1, -0.05) is 0 Å². The second-order valence-electron chi connectivity index (χ2n) is 7.11. The number of rotatable bonds is 6. The molecular weight excluding hydrogens is 424 g/mol. The first-order valence-corrected chi connectivity index (χ1v) is 9.39. The minimum Gasteiger partial charge on any atom is -0.479 e. The summed E-state index contributed by atoms with van der Waals surface area (Å²) >= 11 is 0. The van der Waals surface area contributed by atoms with Crippen LogP contribution >= 0.6 is 0 Å². The number of hydrogen-bond acceptors (Lipinski definition) is 12. The topological polar surface area (TPSA) is 243 Å². The summed E-state index contributed by atoms with van der Waals surface area (Å²) in [5.41, 5.74) is 18.1. The molecule has 1 fully saturated rings. The number of aliphatic hydroxyl groups excluding tert-OH is 1. The summed E-state index contributed by atoms with van der Waals surface area (Å²) in [6.45, 7) is 0. The monoisotopic (exact) mass is 444 g/mol.